The molecule has 0 atom stereocenters. The lowest BCUT2D eigenvalue weighted by Gasteiger charge is -2.20. The summed E-state index contributed by atoms with van der Waals surface area (Å²) >= 11 is 0. The molecular weight excluding hydrogens is 697 g/mol. The molecule has 0 spiro atoms. The van der Waals surface area contributed by atoms with Gasteiger partial charge in [0.05, 0.1) is 0 Å². The van der Waals surface area contributed by atoms with E-state index in [0.717, 1.165) is 0 Å². The Morgan fingerprint density at radius 1 is 0.224 bits per heavy atom. The lowest BCUT2D eigenvalue weighted by Crippen LogP contribution is -1.92. The van der Waals surface area contributed by atoms with Gasteiger partial charge in [-0.3, -0.25) is 0 Å². The van der Waals surface area contributed by atoms with Crippen LogP contribution in [0.15, 0.2) is 218 Å². The Hall–Kier alpha value is -7.54. The van der Waals surface area contributed by atoms with Gasteiger partial charge in [-0.1, -0.05) is 212 Å². The molecular formula is C58H38. The average molecular weight is 735 g/mol. The smallest absolute Gasteiger partial charge is 0.00259 e. The molecule has 0 aliphatic heterocycles. The van der Waals surface area contributed by atoms with Crippen LogP contribution in [0, 0.1) is 0 Å². The Bertz CT molecular complexity index is 3370. The van der Waals surface area contributed by atoms with E-state index in [1.54, 1.807) is 0 Å². The molecule has 11 aromatic rings. The van der Waals surface area contributed by atoms with Gasteiger partial charge < -0.3 is 0 Å². The zero-order valence-electron chi connectivity index (χ0n) is 31.9. The van der Waals surface area contributed by atoms with Gasteiger partial charge in [-0.2, -0.15) is 0 Å². The molecule has 0 heteroatoms. The minimum absolute atomic E-state index is 1.18. The van der Waals surface area contributed by atoms with Crippen LogP contribution in [-0.2, 0) is 0 Å². The Morgan fingerprint density at radius 2 is 0.638 bits per heavy atom. The summed E-state index contributed by atoms with van der Waals surface area (Å²) in [6.07, 6.45) is 4.35. The Labute approximate surface area is 338 Å². The standard InChI is InChI=1S/C58H38/c1-2-12-39(13-3-1)22-23-40-24-26-43(27-25-40)49-34-35-50(52-19-9-8-18-51(49)52)46-32-33-55-56(38-46)58(48-31-29-42-15-5-7-17-45(42)37-48)54-21-11-10-20-53(54)57(55)47-30-28-41-14-4-6-16-44(41)36-47/h1-38H/b23-22+. The van der Waals surface area contributed by atoms with Crippen molar-refractivity contribution in [2.45, 2.75) is 0 Å². The maximum Gasteiger partial charge on any atom is -0.00259 e. The topological polar surface area (TPSA) is 0 Å². The van der Waals surface area contributed by atoms with Crippen molar-refractivity contribution in [2.75, 3.05) is 0 Å². The fourth-order valence-corrected chi connectivity index (χ4v) is 8.99. The second-order valence-corrected chi connectivity index (χ2v) is 15.3. The SMILES string of the molecule is C(=C\c1ccc(-c2ccc(-c3ccc4c(-c5ccc6ccccc6c5)c5ccccc5c(-c5ccc6ccccc6c5)c4c3)c3ccccc23)cc1)/c1ccccc1. The minimum atomic E-state index is 1.18. The molecule has 0 aromatic heterocycles. The van der Waals surface area contributed by atoms with E-state index < -0.39 is 0 Å². The number of hydrogen-bond donors (Lipinski definition) is 0. The van der Waals surface area contributed by atoms with Crippen LogP contribution in [0.3, 0.4) is 0 Å². The molecule has 58 heavy (non-hydrogen) atoms. The van der Waals surface area contributed by atoms with Crippen LogP contribution < -0.4 is 0 Å². The highest BCUT2D eigenvalue weighted by Crippen LogP contribution is 2.46. The Kier molecular flexibility index (Phi) is 8.26. The third kappa shape index (κ3) is 5.95. The third-order valence-electron chi connectivity index (χ3n) is 11.8. The van der Waals surface area contributed by atoms with E-state index in [9.17, 15) is 0 Å². The predicted octanol–water partition coefficient (Wildman–Crippen LogP) is 16.3. The molecule has 0 saturated carbocycles. The van der Waals surface area contributed by atoms with E-state index in [0.29, 0.717) is 0 Å². The van der Waals surface area contributed by atoms with Crippen molar-refractivity contribution in [2.24, 2.45) is 0 Å². The monoisotopic (exact) mass is 734 g/mol. The summed E-state index contributed by atoms with van der Waals surface area (Å²) in [5.41, 5.74) is 12.3. The summed E-state index contributed by atoms with van der Waals surface area (Å²) < 4.78 is 0. The molecule has 0 aliphatic carbocycles. The minimum Gasteiger partial charge on any atom is -0.0622 e. The summed E-state index contributed by atoms with van der Waals surface area (Å²) in [5, 5.41) is 12.5. The maximum absolute atomic E-state index is 2.45. The number of fused-ring (bicyclic) bond motifs is 5. The second-order valence-electron chi connectivity index (χ2n) is 15.3. The first-order valence-electron chi connectivity index (χ1n) is 20.1. The van der Waals surface area contributed by atoms with Crippen LogP contribution in [0.4, 0.5) is 0 Å². The van der Waals surface area contributed by atoms with Gasteiger partial charge in [0.15, 0.2) is 0 Å². The van der Waals surface area contributed by atoms with Gasteiger partial charge in [-0.15, -0.1) is 0 Å². The fourth-order valence-electron chi connectivity index (χ4n) is 8.99. The summed E-state index contributed by atoms with van der Waals surface area (Å²) in [5.74, 6) is 0. The molecule has 11 aromatic carbocycles. The molecule has 0 heterocycles. The molecule has 0 bridgehead atoms. The molecule has 0 amide bonds. The quantitative estimate of drug-likeness (QED) is 0.118. The highest BCUT2D eigenvalue weighted by atomic mass is 14.2. The van der Waals surface area contributed by atoms with Crippen molar-refractivity contribution in [1.29, 1.82) is 0 Å². The predicted molar refractivity (Wildman–Crippen MR) is 251 cm³/mol. The average Bonchev–Trinajstić information content (AvgIpc) is 3.30. The fraction of sp³-hybridized carbons (Fsp3) is 0. The first-order chi connectivity index (χ1) is 28.7. The van der Waals surface area contributed by atoms with Crippen molar-refractivity contribution in [3.63, 3.8) is 0 Å². The van der Waals surface area contributed by atoms with E-state index in [2.05, 4.69) is 231 Å². The largest absolute Gasteiger partial charge is 0.0622 e. The van der Waals surface area contributed by atoms with Gasteiger partial charge in [-0.25, -0.2) is 0 Å². The number of hydrogen-bond acceptors (Lipinski definition) is 0. The number of rotatable bonds is 6. The van der Waals surface area contributed by atoms with E-state index >= 15 is 0 Å². The van der Waals surface area contributed by atoms with Crippen LogP contribution in [0.25, 0.3) is 111 Å². The molecule has 0 unspecified atom stereocenters. The molecule has 0 radical (unpaired) electrons. The van der Waals surface area contributed by atoms with Crippen LogP contribution in [0.5, 0.6) is 0 Å². The molecule has 0 fully saturated rings. The van der Waals surface area contributed by atoms with Gasteiger partial charge in [0.2, 0.25) is 0 Å². The van der Waals surface area contributed by atoms with Crippen molar-refractivity contribution in [3.05, 3.63) is 230 Å². The Balaban J connectivity index is 1.11. The van der Waals surface area contributed by atoms with Crippen LogP contribution in [-0.4, -0.2) is 0 Å². The van der Waals surface area contributed by atoms with Gasteiger partial charge in [0.1, 0.15) is 0 Å². The summed E-state index contributed by atoms with van der Waals surface area (Å²) in [6, 6.07) is 80.2. The van der Waals surface area contributed by atoms with Gasteiger partial charge in [0, 0.05) is 0 Å². The summed E-state index contributed by atoms with van der Waals surface area (Å²) in [6.45, 7) is 0. The molecule has 0 aliphatic rings. The third-order valence-corrected chi connectivity index (χ3v) is 11.8. The zero-order chi connectivity index (χ0) is 38.4. The molecule has 0 saturated heterocycles. The first kappa shape index (κ1) is 33.8. The van der Waals surface area contributed by atoms with Crippen molar-refractivity contribution < 1.29 is 0 Å². The molecule has 11 rings (SSSR count). The van der Waals surface area contributed by atoms with E-state index in [-0.39, 0.29) is 0 Å². The molecule has 0 nitrogen and oxygen atoms in total. The summed E-state index contributed by atoms with van der Waals surface area (Å²) in [4.78, 5) is 0. The van der Waals surface area contributed by atoms with Crippen LogP contribution >= 0.6 is 0 Å². The highest BCUT2D eigenvalue weighted by Gasteiger charge is 2.19. The molecule has 270 valence electrons. The second kappa shape index (κ2) is 14.2. The lowest BCUT2D eigenvalue weighted by molar-refractivity contribution is 1.61. The highest BCUT2D eigenvalue weighted by molar-refractivity contribution is 6.23. The van der Waals surface area contributed by atoms with Gasteiger partial charge >= 0.3 is 0 Å². The maximum atomic E-state index is 2.45. The van der Waals surface area contributed by atoms with Crippen molar-refractivity contribution in [3.8, 4) is 44.5 Å². The zero-order valence-corrected chi connectivity index (χ0v) is 31.9. The van der Waals surface area contributed by atoms with Crippen LogP contribution in [0.2, 0.25) is 0 Å². The van der Waals surface area contributed by atoms with E-state index in [1.165, 1.54) is 109 Å². The van der Waals surface area contributed by atoms with Crippen molar-refractivity contribution >= 4 is 66.0 Å². The van der Waals surface area contributed by atoms with E-state index in [1.807, 2.05) is 0 Å². The van der Waals surface area contributed by atoms with Gasteiger partial charge in [0.25, 0.3) is 0 Å². The first-order valence-corrected chi connectivity index (χ1v) is 20.1. The van der Waals surface area contributed by atoms with Crippen molar-refractivity contribution in [1.82, 2.24) is 0 Å². The molecule has 0 N–H and O–H groups in total. The Morgan fingerprint density at radius 3 is 1.22 bits per heavy atom. The lowest BCUT2D eigenvalue weighted by atomic mass is 9.83. The summed E-state index contributed by atoms with van der Waals surface area (Å²) in [7, 11) is 0. The number of benzene rings is 11. The normalized spacial score (nSPS) is 11.7. The van der Waals surface area contributed by atoms with Crippen LogP contribution in [0.1, 0.15) is 11.1 Å². The van der Waals surface area contributed by atoms with E-state index in [4.69, 9.17) is 0 Å². The van der Waals surface area contributed by atoms with Gasteiger partial charge in [-0.05, 0) is 128 Å².